The third-order valence-corrected chi connectivity index (χ3v) is 3.14. The molecule has 0 radical (unpaired) electrons. The van der Waals surface area contributed by atoms with E-state index < -0.39 is 5.97 Å². The molecule has 104 valence electrons. The maximum atomic E-state index is 12.4. The number of aromatic nitrogens is 2. The van der Waals surface area contributed by atoms with Crippen molar-refractivity contribution in [2.45, 2.75) is 12.8 Å². The van der Waals surface area contributed by atoms with Crippen molar-refractivity contribution < 1.29 is 14.7 Å². The second kappa shape index (κ2) is 6.76. The van der Waals surface area contributed by atoms with Crippen molar-refractivity contribution in [3.05, 3.63) is 42.2 Å². The van der Waals surface area contributed by atoms with Crippen molar-refractivity contribution in [2.75, 3.05) is 11.4 Å². The normalized spacial score (nSPS) is 10.2. The number of benzene rings is 1. The zero-order valence-electron chi connectivity index (χ0n) is 10.6. The highest BCUT2D eigenvalue weighted by molar-refractivity contribution is 6.99. The van der Waals surface area contributed by atoms with E-state index in [0.717, 1.165) is 17.4 Å². The summed E-state index contributed by atoms with van der Waals surface area (Å²) in [6.07, 6.45) is 1.82. The van der Waals surface area contributed by atoms with Gasteiger partial charge in [-0.15, -0.1) is 0 Å². The van der Waals surface area contributed by atoms with Gasteiger partial charge in [0, 0.05) is 18.7 Å². The van der Waals surface area contributed by atoms with Gasteiger partial charge in [0.15, 0.2) is 5.69 Å². The van der Waals surface area contributed by atoms with E-state index in [2.05, 4.69) is 8.75 Å². The Hall–Kier alpha value is -2.28. The summed E-state index contributed by atoms with van der Waals surface area (Å²) in [5, 5.41) is 8.70. The molecule has 0 atom stereocenters. The lowest BCUT2D eigenvalue weighted by Gasteiger charge is -2.21. The standard InChI is InChI=1S/C13H13N3O3S/c17-12(18)7-4-8-16(10-5-2-1-3-6-10)13(19)11-9-14-20-15-11/h1-3,5-6,9H,4,7-8H2,(H,17,18). The number of carboxylic acids is 1. The number of hydrogen-bond donors (Lipinski definition) is 1. The van der Waals surface area contributed by atoms with Crippen LogP contribution in [0.3, 0.4) is 0 Å². The molecular weight excluding hydrogens is 278 g/mol. The van der Waals surface area contributed by atoms with E-state index in [9.17, 15) is 9.59 Å². The van der Waals surface area contributed by atoms with Crippen molar-refractivity contribution in [3.8, 4) is 0 Å². The van der Waals surface area contributed by atoms with Gasteiger partial charge in [-0.1, -0.05) is 18.2 Å². The van der Waals surface area contributed by atoms with Gasteiger partial charge in [-0.3, -0.25) is 9.59 Å². The molecule has 0 aliphatic heterocycles. The first-order valence-corrected chi connectivity index (χ1v) is 6.78. The average molecular weight is 291 g/mol. The smallest absolute Gasteiger partial charge is 0.303 e. The minimum Gasteiger partial charge on any atom is -0.481 e. The van der Waals surface area contributed by atoms with Gasteiger partial charge >= 0.3 is 5.97 Å². The van der Waals surface area contributed by atoms with Crippen molar-refractivity contribution in [1.29, 1.82) is 0 Å². The molecule has 0 aliphatic carbocycles. The first kappa shape index (κ1) is 14.1. The molecule has 1 amide bonds. The molecule has 2 aromatic rings. The highest BCUT2D eigenvalue weighted by Gasteiger charge is 2.19. The number of nitrogens with zero attached hydrogens (tertiary/aromatic N) is 3. The van der Waals surface area contributed by atoms with Crippen LogP contribution in [0.15, 0.2) is 36.5 Å². The summed E-state index contributed by atoms with van der Waals surface area (Å²) in [6, 6.07) is 9.11. The minimum absolute atomic E-state index is 0.0198. The van der Waals surface area contributed by atoms with Crippen LogP contribution in [-0.2, 0) is 4.79 Å². The van der Waals surface area contributed by atoms with Crippen LogP contribution in [0.1, 0.15) is 23.3 Å². The lowest BCUT2D eigenvalue weighted by molar-refractivity contribution is -0.137. The zero-order chi connectivity index (χ0) is 14.4. The van der Waals surface area contributed by atoms with Crippen LogP contribution < -0.4 is 4.90 Å². The summed E-state index contributed by atoms with van der Waals surface area (Å²) < 4.78 is 7.75. The van der Waals surface area contributed by atoms with E-state index in [-0.39, 0.29) is 18.0 Å². The zero-order valence-corrected chi connectivity index (χ0v) is 11.4. The summed E-state index contributed by atoms with van der Waals surface area (Å²) in [5.74, 6) is -1.14. The third kappa shape index (κ3) is 3.61. The van der Waals surface area contributed by atoms with E-state index in [0.29, 0.717) is 13.0 Å². The molecule has 20 heavy (non-hydrogen) atoms. The molecule has 1 heterocycles. The Kier molecular flexibility index (Phi) is 4.78. The molecular formula is C13H13N3O3S. The van der Waals surface area contributed by atoms with Gasteiger partial charge in [0.1, 0.15) is 0 Å². The first-order valence-electron chi connectivity index (χ1n) is 6.05. The van der Waals surface area contributed by atoms with Gasteiger partial charge < -0.3 is 10.0 Å². The first-order chi connectivity index (χ1) is 9.68. The van der Waals surface area contributed by atoms with Crippen molar-refractivity contribution in [2.24, 2.45) is 0 Å². The van der Waals surface area contributed by atoms with E-state index in [1.54, 1.807) is 12.1 Å². The topological polar surface area (TPSA) is 83.4 Å². The van der Waals surface area contributed by atoms with Crippen molar-refractivity contribution in [1.82, 2.24) is 8.75 Å². The largest absolute Gasteiger partial charge is 0.481 e. The molecule has 7 heteroatoms. The lowest BCUT2D eigenvalue weighted by atomic mass is 10.2. The minimum atomic E-state index is -0.874. The third-order valence-electron chi connectivity index (χ3n) is 2.67. The molecule has 0 unspecified atom stereocenters. The van der Waals surface area contributed by atoms with Crippen LogP contribution in [0, 0.1) is 0 Å². The fourth-order valence-corrected chi connectivity index (χ4v) is 2.15. The molecule has 0 bridgehead atoms. The molecule has 2 rings (SSSR count). The van der Waals surface area contributed by atoms with Crippen molar-refractivity contribution in [3.63, 3.8) is 0 Å². The van der Waals surface area contributed by atoms with Gasteiger partial charge in [-0.05, 0) is 18.6 Å². The van der Waals surface area contributed by atoms with E-state index in [1.165, 1.54) is 11.1 Å². The Bertz CT molecular complexity index is 572. The molecule has 0 fully saturated rings. The summed E-state index contributed by atoms with van der Waals surface area (Å²) in [5.41, 5.74) is 0.991. The molecule has 1 aromatic carbocycles. The van der Waals surface area contributed by atoms with E-state index >= 15 is 0 Å². The molecule has 0 saturated heterocycles. The van der Waals surface area contributed by atoms with Crippen LogP contribution in [0.25, 0.3) is 0 Å². The molecule has 6 nitrogen and oxygen atoms in total. The lowest BCUT2D eigenvalue weighted by Crippen LogP contribution is -2.32. The van der Waals surface area contributed by atoms with Gasteiger partial charge in [0.05, 0.1) is 17.9 Å². The number of anilines is 1. The Morgan fingerprint density at radius 3 is 2.60 bits per heavy atom. The molecule has 0 saturated carbocycles. The average Bonchev–Trinajstić information content (AvgIpc) is 2.98. The number of amides is 1. The number of hydrogen-bond acceptors (Lipinski definition) is 5. The summed E-state index contributed by atoms with van der Waals surface area (Å²) in [6.45, 7) is 0.326. The second-order valence-corrected chi connectivity index (χ2v) is 4.64. The van der Waals surface area contributed by atoms with Crippen LogP contribution in [0.5, 0.6) is 0 Å². The highest BCUT2D eigenvalue weighted by atomic mass is 32.1. The fraction of sp³-hybridized carbons (Fsp3) is 0.231. The Balaban J connectivity index is 2.16. The predicted octanol–water partition coefficient (Wildman–Crippen LogP) is 2.05. The number of carboxylic acid groups (broad SMARTS) is 1. The number of carbonyl (C=O) groups is 2. The van der Waals surface area contributed by atoms with Crippen LogP contribution in [0.4, 0.5) is 5.69 Å². The SMILES string of the molecule is O=C(O)CCCN(C(=O)c1cnsn1)c1ccccc1. The van der Waals surface area contributed by atoms with Crippen LogP contribution in [0.2, 0.25) is 0 Å². The maximum absolute atomic E-state index is 12.4. The number of para-hydroxylation sites is 1. The number of aliphatic carboxylic acids is 1. The summed E-state index contributed by atoms with van der Waals surface area (Å²) >= 11 is 0.968. The Morgan fingerprint density at radius 1 is 1.25 bits per heavy atom. The fourth-order valence-electron chi connectivity index (χ4n) is 1.74. The maximum Gasteiger partial charge on any atom is 0.303 e. The highest BCUT2D eigenvalue weighted by Crippen LogP contribution is 2.17. The van der Waals surface area contributed by atoms with Gasteiger partial charge in [0.2, 0.25) is 0 Å². The Morgan fingerprint density at radius 2 is 2.00 bits per heavy atom. The predicted molar refractivity (Wildman–Crippen MR) is 74.9 cm³/mol. The van der Waals surface area contributed by atoms with Gasteiger partial charge in [0.25, 0.3) is 5.91 Å². The molecule has 0 aliphatic rings. The summed E-state index contributed by atoms with van der Waals surface area (Å²) in [7, 11) is 0. The quantitative estimate of drug-likeness (QED) is 0.880. The van der Waals surface area contributed by atoms with E-state index in [4.69, 9.17) is 5.11 Å². The summed E-state index contributed by atoms with van der Waals surface area (Å²) in [4.78, 5) is 24.5. The monoisotopic (exact) mass is 291 g/mol. The molecule has 1 N–H and O–H groups in total. The second-order valence-electron chi connectivity index (χ2n) is 4.08. The van der Waals surface area contributed by atoms with Gasteiger partial charge in [-0.25, -0.2) is 0 Å². The van der Waals surface area contributed by atoms with E-state index in [1.807, 2.05) is 18.2 Å². The molecule has 0 spiro atoms. The Labute approximate surface area is 120 Å². The van der Waals surface area contributed by atoms with Crippen molar-refractivity contribution >= 4 is 29.3 Å². The molecule has 1 aromatic heterocycles. The number of carbonyl (C=O) groups excluding carboxylic acids is 1. The number of rotatable bonds is 6. The van der Waals surface area contributed by atoms with Crippen LogP contribution in [-0.4, -0.2) is 32.3 Å². The van der Waals surface area contributed by atoms with Crippen LogP contribution >= 0.6 is 11.7 Å². The van der Waals surface area contributed by atoms with Gasteiger partial charge in [-0.2, -0.15) is 8.75 Å².